The number of rotatable bonds is 4. The van der Waals surface area contributed by atoms with E-state index in [1.54, 1.807) is 46.1 Å². The van der Waals surface area contributed by atoms with Crippen LogP contribution in [0.3, 0.4) is 0 Å². The van der Waals surface area contributed by atoms with E-state index in [2.05, 4.69) is 10.6 Å². The van der Waals surface area contributed by atoms with Crippen molar-refractivity contribution in [2.45, 2.75) is 42.9 Å². The van der Waals surface area contributed by atoms with Gasteiger partial charge in [0.25, 0.3) is 0 Å². The van der Waals surface area contributed by atoms with E-state index in [4.69, 9.17) is 0 Å². The molecule has 0 bridgehead atoms. The Morgan fingerprint density at radius 3 is 2.50 bits per heavy atom. The summed E-state index contributed by atoms with van der Waals surface area (Å²) >= 11 is 0. The van der Waals surface area contributed by atoms with Crippen molar-refractivity contribution in [1.82, 2.24) is 10.2 Å². The molecule has 1 aliphatic rings. The number of hydrogen-bond donors (Lipinski definition) is 2. The maximum atomic E-state index is 12.6. The van der Waals surface area contributed by atoms with Crippen molar-refractivity contribution in [3.05, 3.63) is 23.8 Å². The van der Waals surface area contributed by atoms with E-state index in [9.17, 15) is 13.2 Å². The number of carbonyl (C=O) groups excluding carboxylic acids is 1. The maximum absolute atomic E-state index is 12.6. The van der Waals surface area contributed by atoms with Crippen molar-refractivity contribution in [2.24, 2.45) is 0 Å². The molecule has 0 saturated carbocycles. The Bertz CT molecular complexity index is 684. The molecule has 0 spiro atoms. The molecule has 0 aliphatic carbocycles. The Morgan fingerprint density at radius 1 is 1.33 bits per heavy atom. The van der Waals surface area contributed by atoms with Crippen LogP contribution in [0, 0.1) is 0 Å². The van der Waals surface area contributed by atoms with E-state index in [1.807, 2.05) is 0 Å². The van der Waals surface area contributed by atoms with Gasteiger partial charge < -0.3 is 15.5 Å². The van der Waals surface area contributed by atoms with Crippen molar-refractivity contribution < 1.29 is 13.2 Å². The van der Waals surface area contributed by atoms with E-state index in [1.165, 1.54) is 4.90 Å². The third-order valence-corrected chi connectivity index (χ3v) is 6.26. The molecule has 24 heavy (non-hydrogen) atoms. The number of sulfone groups is 1. The van der Waals surface area contributed by atoms with Gasteiger partial charge in [0.1, 0.15) is 0 Å². The second-order valence-corrected chi connectivity index (χ2v) is 8.79. The molecule has 0 radical (unpaired) electrons. The SMILES string of the molecule is CC(C)S(=O)(=O)c1ccc(NC(=O)N(C)C)cc1C1CCCN1.Cl. The molecule has 1 aromatic carbocycles. The van der Waals surface area contributed by atoms with Crippen LogP contribution in [0.25, 0.3) is 0 Å². The summed E-state index contributed by atoms with van der Waals surface area (Å²) in [4.78, 5) is 13.6. The third kappa shape index (κ3) is 4.40. The van der Waals surface area contributed by atoms with E-state index in [0.717, 1.165) is 24.9 Å². The lowest BCUT2D eigenvalue weighted by Gasteiger charge is -2.20. The fourth-order valence-corrected chi connectivity index (χ4v) is 3.89. The first-order chi connectivity index (χ1) is 10.7. The summed E-state index contributed by atoms with van der Waals surface area (Å²) in [6.45, 7) is 4.24. The Labute approximate surface area is 150 Å². The first-order valence-electron chi connectivity index (χ1n) is 7.83. The molecule has 1 fully saturated rings. The van der Waals surface area contributed by atoms with Gasteiger partial charge in [0.15, 0.2) is 9.84 Å². The van der Waals surface area contributed by atoms with Crippen LogP contribution in [0.2, 0.25) is 0 Å². The van der Waals surface area contributed by atoms with Crippen LogP contribution < -0.4 is 10.6 Å². The van der Waals surface area contributed by atoms with Gasteiger partial charge >= 0.3 is 6.03 Å². The fourth-order valence-electron chi connectivity index (χ4n) is 2.60. The van der Waals surface area contributed by atoms with Gasteiger partial charge in [-0.3, -0.25) is 0 Å². The van der Waals surface area contributed by atoms with E-state index in [-0.39, 0.29) is 24.5 Å². The summed E-state index contributed by atoms with van der Waals surface area (Å²) in [6, 6.07) is 4.80. The fraction of sp³-hybridized carbons (Fsp3) is 0.562. The number of anilines is 1. The van der Waals surface area contributed by atoms with Crippen LogP contribution in [0.4, 0.5) is 10.5 Å². The minimum absolute atomic E-state index is 0. The van der Waals surface area contributed by atoms with Gasteiger partial charge in [0, 0.05) is 25.8 Å². The van der Waals surface area contributed by atoms with Crippen LogP contribution in [0.15, 0.2) is 23.1 Å². The van der Waals surface area contributed by atoms with Crippen LogP contribution in [-0.2, 0) is 9.84 Å². The first kappa shape index (κ1) is 20.7. The molecular weight excluding hydrogens is 350 g/mol. The topological polar surface area (TPSA) is 78.5 Å². The van der Waals surface area contributed by atoms with Crippen molar-refractivity contribution in [2.75, 3.05) is 26.0 Å². The molecule has 1 aromatic rings. The lowest BCUT2D eigenvalue weighted by atomic mass is 10.0. The smallest absolute Gasteiger partial charge is 0.321 e. The van der Waals surface area contributed by atoms with E-state index < -0.39 is 15.1 Å². The van der Waals surface area contributed by atoms with E-state index >= 15 is 0 Å². The highest BCUT2D eigenvalue weighted by molar-refractivity contribution is 7.92. The van der Waals surface area contributed by atoms with Gasteiger partial charge in [0.05, 0.1) is 10.1 Å². The summed E-state index contributed by atoms with van der Waals surface area (Å²) in [7, 11) is -0.0515. The molecule has 2 N–H and O–H groups in total. The molecule has 1 aliphatic heterocycles. The summed E-state index contributed by atoms with van der Waals surface area (Å²) in [5, 5.41) is 5.64. The predicted octanol–water partition coefficient (Wildman–Crippen LogP) is 2.81. The van der Waals surface area contributed by atoms with E-state index in [0.29, 0.717) is 10.6 Å². The highest BCUT2D eigenvalue weighted by Gasteiger charge is 2.28. The van der Waals surface area contributed by atoms with Gasteiger partial charge in [-0.15, -0.1) is 12.4 Å². The predicted molar refractivity (Wildman–Crippen MR) is 98.7 cm³/mol. The zero-order chi connectivity index (χ0) is 17.2. The Kier molecular flexibility index (Phi) is 7.07. The average molecular weight is 376 g/mol. The monoisotopic (exact) mass is 375 g/mol. The van der Waals surface area contributed by atoms with Crippen LogP contribution in [0.1, 0.15) is 38.3 Å². The molecule has 8 heteroatoms. The largest absolute Gasteiger partial charge is 0.331 e. The molecule has 1 heterocycles. The van der Waals surface area contributed by atoms with Gasteiger partial charge in [-0.1, -0.05) is 0 Å². The minimum atomic E-state index is -3.37. The zero-order valence-corrected chi connectivity index (χ0v) is 16.1. The molecule has 1 unspecified atom stereocenters. The van der Waals surface area contributed by atoms with Gasteiger partial charge in [-0.25, -0.2) is 13.2 Å². The second-order valence-electron chi connectivity index (χ2n) is 6.32. The normalized spacial score (nSPS) is 17.5. The van der Waals surface area contributed by atoms with Crippen molar-refractivity contribution in [3.63, 3.8) is 0 Å². The molecule has 1 saturated heterocycles. The number of halogens is 1. The summed E-state index contributed by atoms with van der Waals surface area (Å²) in [6.07, 6.45) is 1.91. The van der Waals surface area contributed by atoms with Crippen molar-refractivity contribution >= 4 is 34.0 Å². The second kappa shape index (κ2) is 8.18. The third-order valence-electron chi connectivity index (χ3n) is 4.03. The number of amides is 2. The molecule has 0 aromatic heterocycles. The standard InChI is InChI=1S/C16H25N3O3S.ClH/c1-11(2)23(21,22)15-8-7-12(18-16(20)19(3)4)10-13(15)14-6-5-9-17-14;/h7-8,10-11,14,17H,5-6,9H2,1-4H3,(H,18,20);1H. The lowest BCUT2D eigenvalue weighted by molar-refractivity contribution is 0.230. The highest BCUT2D eigenvalue weighted by atomic mass is 35.5. The molecule has 6 nitrogen and oxygen atoms in total. The number of carbonyl (C=O) groups is 1. The van der Waals surface area contributed by atoms with Crippen molar-refractivity contribution in [3.8, 4) is 0 Å². The van der Waals surface area contributed by atoms with Crippen molar-refractivity contribution in [1.29, 1.82) is 0 Å². The number of nitrogens with zero attached hydrogens (tertiary/aromatic N) is 1. The first-order valence-corrected chi connectivity index (χ1v) is 9.37. The minimum Gasteiger partial charge on any atom is -0.331 e. The molecule has 1 atom stereocenters. The number of hydrogen-bond acceptors (Lipinski definition) is 4. The number of benzene rings is 1. The summed E-state index contributed by atoms with van der Waals surface area (Å²) in [5.74, 6) is 0. The summed E-state index contributed by atoms with van der Waals surface area (Å²) in [5.41, 5.74) is 1.35. The number of nitrogens with one attached hydrogen (secondary N) is 2. The molecular formula is C16H26ClN3O3S. The van der Waals surface area contributed by atoms with Crippen LogP contribution in [-0.4, -0.2) is 45.2 Å². The van der Waals surface area contributed by atoms with Gasteiger partial charge in [0.2, 0.25) is 0 Å². The Hall–Kier alpha value is -1.31. The van der Waals surface area contributed by atoms with Crippen LogP contribution >= 0.6 is 12.4 Å². The van der Waals surface area contributed by atoms with Crippen LogP contribution in [0.5, 0.6) is 0 Å². The lowest BCUT2D eigenvalue weighted by Crippen LogP contribution is -2.27. The van der Waals surface area contributed by atoms with Gasteiger partial charge in [-0.05, 0) is 57.0 Å². The number of urea groups is 1. The molecule has 2 amide bonds. The Balaban J connectivity index is 0.00000288. The average Bonchev–Trinajstić information content (AvgIpc) is 3.00. The summed E-state index contributed by atoms with van der Waals surface area (Å²) < 4.78 is 25.3. The molecule has 2 rings (SSSR count). The highest BCUT2D eigenvalue weighted by Crippen LogP contribution is 2.32. The maximum Gasteiger partial charge on any atom is 0.321 e. The quantitative estimate of drug-likeness (QED) is 0.848. The van der Waals surface area contributed by atoms with Gasteiger partial charge in [-0.2, -0.15) is 0 Å². The molecule has 136 valence electrons. The zero-order valence-electron chi connectivity index (χ0n) is 14.5. The Morgan fingerprint density at radius 2 is 2.00 bits per heavy atom.